The number of hydrogen-bond acceptors (Lipinski definition) is 0. The van der Waals surface area contributed by atoms with Crippen LogP contribution < -0.4 is 0 Å². The van der Waals surface area contributed by atoms with Crippen molar-refractivity contribution in [3.8, 4) is 11.1 Å². The van der Waals surface area contributed by atoms with E-state index < -0.39 is 17.5 Å². The first-order valence-corrected chi connectivity index (χ1v) is 8.84. The lowest BCUT2D eigenvalue weighted by Gasteiger charge is -2.28. The van der Waals surface area contributed by atoms with Gasteiger partial charge in [-0.2, -0.15) is 0 Å². The van der Waals surface area contributed by atoms with E-state index in [1.807, 2.05) is 6.07 Å². The molecule has 128 valence electrons. The molecule has 0 aromatic heterocycles. The van der Waals surface area contributed by atoms with Gasteiger partial charge in [-0.15, -0.1) is 0 Å². The zero-order chi connectivity index (χ0) is 17.1. The Morgan fingerprint density at radius 3 is 2.12 bits per heavy atom. The molecule has 0 nitrogen and oxygen atoms in total. The van der Waals surface area contributed by atoms with Crippen molar-refractivity contribution >= 4 is 0 Å². The van der Waals surface area contributed by atoms with E-state index in [0.717, 1.165) is 36.5 Å². The lowest BCUT2D eigenvalue weighted by Crippen LogP contribution is -2.13. The van der Waals surface area contributed by atoms with Gasteiger partial charge in [0.2, 0.25) is 0 Å². The van der Waals surface area contributed by atoms with Crippen LogP contribution in [0, 0.1) is 23.4 Å². The third kappa shape index (κ3) is 3.50. The molecule has 0 heterocycles. The Hall–Kier alpha value is -1.77. The zero-order valence-electron chi connectivity index (χ0n) is 14.0. The molecule has 1 fully saturated rings. The Kier molecular flexibility index (Phi) is 5.27. The van der Waals surface area contributed by atoms with Gasteiger partial charge in [0, 0.05) is 5.56 Å². The molecule has 24 heavy (non-hydrogen) atoms. The van der Waals surface area contributed by atoms with Gasteiger partial charge < -0.3 is 0 Å². The summed E-state index contributed by atoms with van der Waals surface area (Å²) in [5, 5.41) is 0. The number of rotatable bonds is 4. The van der Waals surface area contributed by atoms with E-state index >= 15 is 0 Å². The van der Waals surface area contributed by atoms with Gasteiger partial charge in [0.05, 0.1) is 5.56 Å². The molecule has 0 unspecified atom stereocenters. The maximum absolute atomic E-state index is 14.5. The van der Waals surface area contributed by atoms with Gasteiger partial charge in [-0.3, -0.25) is 0 Å². The highest BCUT2D eigenvalue weighted by Gasteiger charge is 2.23. The van der Waals surface area contributed by atoms with Gasteiger partial charge in [0.15, 0.2) is 0 Å². The second-order valence-electron chi connectivity index (χ2n) is 6.84. The van der Waals surface area contributed by atoms with E-state index in [1.165, 1.54) is 43.9 Å². The fourth-order valence-electron chi connectivity index (χ4n) is 3.94. The molecule has 0 aliphatic heterocycles. The van der Waals surface area contributed by atoms with Gasteiger partial charge in [-0.05, 0) is 61.3 Å². The van der Waals surface area contributed by atoms with E-state index in [0.29, 0.717) is 5.92 Å². The lowest BCUT2D eigenvalue weighted by atomic mass is 9.77. The highest BCUT2D eigenvalue weighted by molar-refractivity contribution is 5.66. The third-order valence-electron chi connectivity index (χ3n) is 5.24. The van der Waals surface area contributed by atoms with Crippen LogP contribution in [0.25, 0.3) is 11.1 Å². The smallest absolute Gasteiger partial charge is 0.134 e. The fraction of sp³-hybridized carbons (Fsp3) is 0.429. The van der Waals surface area contributed by atoms with Crippen LogP contribution in [0.15, 0.2) is 36.4 Å². The Morgan fingerprint density at radius 2 is 1.54 bits per heavy atom. The molecule has 1 aliphatic rings. The normalized spacial score (nSPS) is 21.0. The van der Waals surface area contributed by atoms with E-state index in [4.69, 9.17) is 0 Å². The van der Waals surface area contributed by atoms with Crippen LogP contribution >= 0.6 is 0 Å². The molecule has 0 bridgehead atoms. The van der Waals surface area contributed by atoms with Crippen LogP contribution in [-0.4, -0.2) is 0 Å². The van der Waals surface area contributed by atoms with Crippen LogP contribution in [-0.2, 0) is 0 Å². The second-order valence-corrected chi connectivity index (χ2v) is 6.84. The molecule has 0 spiro atoms. The van der Waals surface area contributed by atoms with Gasteiger partial charge in [-0.1, -0.05) is 38.0 Å². The average Bonchev–Trinajstić information content (AvgIpc) is 2.57. The molecule has 0 saturated heterocycles. The molecular weight excluding hydrogens is 309 g/mol. The van der Waals surface area contributed by atoms with Gasteiger partial charge in [0.1, 0.15) is 17.5 Å². The largest absolute Gasteiger partial charge is 0.206 e. The summed E-state index contributed by atoms with van der Waals surface area (Å²) in [5.41, 5.74) is 0.658. The molecule has 2 aromatic carbocycles. The first kappa shape index (κ1) is 17.1. The highest BCUT2D eigenvalue weighted by Crippen LogP contribution is 2.39. The SMILES string of the molecule is CCC[C@H]1CC[C@H](c2ccc(-c3c(F)cccc3F)c(F)c2)CC1. The molecule has 0 N–H and O–H groups in total. The van der Waals surface area contributed by atoms with Crippen molar-refractivity contribution in [3.63, 3.8) is 0 Å². The highest BCUT2D eigenvalue weighted by atomic mass is 19.1. The quantitative estimate of drug-likeness (QED) is 0.574. The van der Waals surface area contributed by atoms with Crippen LogP contribution in [0.1, 0.15) is 56.9 Å². The summed E-state index contributed by atoms with van der Waals surface area (Å²) in [6.45, 7) is 2.21. The molecule has 3 heteroatoms. The van der Waals surface area contributed by atoms with Crippen molar-refractivity contribution in [3.05, 3.63) is 59.4 Å². The van der Waals surface area contributed by atoms with E-state index in [1.54, 1.807) is 0 Å². The monoisotopic (exact) mass is 332 g/mol. The maximum atomic E-state index is 14.5. The summed E-state index contributed by atoms with van der Waals surface area (Å²) in [6.07, 6.45) is 6.99. The summed E-state index contributed by atoms with van der Waals surface area (Å²) < 4.78 is 42.3. The first-order chi connectivity index (χ1) is 11.6. The number of halogens is 3. The van der Waals surface area contributed by atoms with E-state index in [-0.39, 0.29) is 11.1 Å². The van der Waals surface area contributed by atoms with Gasteiger partial charge >= 0.3 is 0 Å². The van der Waals surface area contributed by atoms with Crippen LogP contribution in [0.4, 0.5) is 13.2 Å². The first-order valence-electron chi connectivity index (χ1n) is 8.84. The van der Waals surface area contributed by atoms with Crippen LogP contribution in [0.5, 0.6) is 0 Å². The summed E-state index contributed by atoms with van der Waals surface area (Å²) in [4.78, 5) is 0. The Bertz CT molecular complexity index is 680. The minimum absolute atomic E-state index is 0.00554. The summed E-state index contributed by atoms with van der Waals surface area (Å²) in [7, 11) is 0. The van der Waals surface area contributed by atoms with Crippen molar-refractivity contribution in [2.24, 2.45) is 5.92 Å². The van der Waals surface area contributed by atoms with Crippen molar-refractivity contribution < 1.29 is 13.2 Å². The lowest BCUT2D eigenvalue weighted by molar-refractivity contribution is 0.308. The van der Waals surface area contributed by atoms with Gasteiger partial charge in [0.25, 0.3) is 0 Å². The number of hydrogen-bond donors (Lipinski definition) is 0. The van der Waals surface area contributed by atoms with Crippen LogP contribution in [0.3, 0.4) is 0 Å². The molecule has 1 saturated carbocycles. The summed E-state index contributed by atoms with van der Waals surface area (Å²) in [6, 6.07) is 8.40. The summed E-state index contributed by atoms with van der Waals surface area (Å²) >= 11 is 0. The molecule has 2 aromatic rings. The zero-order valence-corrected chi connectivity index (χ0v) is 14.0. The van der Waals surface area contributed by atoms with Crippen molar-refractivity contribution in [2.45, 2.75) is 51.4 Å². The minimum Gasteiger partial charge on any atom is -0.206 e. The predicted octanol–water partition coefficient (Wildman–Crippen LogP) is 6.84. The van der Waals surface area contributed by atoms with Crippen LogP contribution in [0.2, 0.25) is 0 Å². The Morgan fingerprint density at radius 1 is 0.875 bits per heavy atom. The summed E-state index contributed by atoms with van der Waals surface area (Å²) in [5.74, 6) is -0.870. The van der Waals surface area contributed by atoms with Crippen molar-refractivity contribution in [2.75, 3.05) is 0 Å². The Labute approximate surface area is 141 Å². The van der Waals surface area contributed by atoms with Crippen molar-refractivity contribution in [1.29, 1.82) is 0 Å². The van der Waals surface area contributed by atoms with E-state index in [2.05, 4.69) is 6.92 Å². The fourth-order valence-corrected chi connectivity index (χ4v) is 3.94. The number of benzene rings is 2. The standard InChI is InChI=1S/C21H23F3/c1-2-4-14-7-9-15(10-8-14)16-11-12-17(20(24)13-16)21-18(22)5-3-6-19(21)23/h3,5-6,11-15H,2,4,7-10H2,1H3/t14-,15-. The molecular formula is C21H23F3. The maximum Gasteiger partial charge on any atom is 0.134 e. The molecule has 0 radical (unpaired) electrons. The predicted molar refractivity (Wildman–Crippen MR) is 91.4 cm³/mol. The molecule has 0 amide bonds. The van der Waals surface area contributed by atoms with E-state index in [9.17, 15) is 13.2 Å². The van der Waals surface area contributed by atoms with Crippen molar-refractivity contribution in [1.82, 2.24) is 0 Å². The average molecular weight is 332 g/mol. The molecule has 0 atom stereocenters. The third-order valence-corrected chi connectivity index (χ3v) is 5.24. The van der Waals surface area contributed by atoms with Gasteiger partial charge in [-0.25, -0.2) is 13.2 Å². The topological polar surface area (TPSA) is 0 Å². The minimum atomic E-state index is -0.735. The molecule has 1 aliphatic carbocycles. The molecule has 3 rings (SSSR count). The second kappa shape index (κ2) is 7.42. The Balaban J connectivity index is 1.81.